The molecule has 3 aromatic rings. The van der Waals surface area contributed by atoms with Crippen molar-refractivity contribution in [2.24, 2.45) is 0 Å². The van der Waals surface area contributed by atoms with E-state index in [1.165, 1.54) is 18.2 Å². The third kappa shape index (κ3) is 4.25. The van der Waals surface area contributed by atoms with Gasteiger partial charge in [-0.05, 0) is 54.8 Å². The molecule has 38 heavy (non-hydrogen) atoms. The number of piperidine rings is 1. The van der Waals surface area contributed by atoms with E-state index in [2.05, 4.69) is 14.9 Å². The van der Waals surface area contributed by atoms with Gasteiger partial charge in [0.2, 0.25) is 11.5 Å². The number of nitrogens with one attached hydrogen (secondary N) is 1. The number of hydrogen-bond donors (Lipinski definition) is 1. The first kappa shape index (κ1) is 25.6. The zero-order valence-electron chi connectivity index (χ0n) is 20.8. The summed E-state index contributed by atoms with van der Waals surface area (Å²) in [5.41, 5.74) is 2.70. The lowest BCUT2D eigenvalue weighted by molar-refractivity contribution is -0.117. The minimum absolute atomic E-state index is 0. The van der Waals surface area contributed by atoms with Crippen LogP contribution in [-0.4, -0.2) is 47.5 Å². The van der Waals surface area contributed by atoms with Gasteiger partial charge in [-0.2, -0.15) is 0 Å². The number of amides is 2. The summed E-state index contributed by atoms with van der Waals surface area (Å²) in [5, 5.41) is 0. The molecular formula is C29H32FN5O3. The molecule has 0 aliphatic carbocycles. The maximum absolute atomic E-state index is 13.9. The normalized spacial score (nSPS) is 18.3. The number of anilines is 3. The molecule has 0 unspecified atom stereocenters. The highest BCUT2D eigenvalue weighted by Crippen LogP contribution is 2.41. The number of carbonyl (C=O) groups is 2. The van der Waals surface area contributed by atoms with Gasteiger partial charge in [-0.3, -0.25) is 19.4 Å². The Bertz CT molecular complexity index is 1480. The molecule has 198 valence electrons. The van der Waals surface area contributed by atoms with Crippen LogP contribution in [0.2, 0.25) is 0 Å². The largest absolute Gasteiger partial charge is 0.358 e. The molecule has 1 fully saturated rings. The Hall–Kier alpha value is -4.01. The quantitative estimate of drug-likeness (QED) is 0.567. The van der Waals surface area contributed by atoms with Gasteiger partial charge >= 0.3 is 0 Å². The zero-order chi connectivity index (χ0) is 25.9. The van der Waals surface area contributed by atoms with E-state index in [0.29, 0.717) is 43.1 Å². The summed E-state index contributed by atoms with van der Waals surface area (Å²) >= 11 is 0. The van der Waals surface area contributed by atoms with Crippen molar-refractivity contribution < 1.29 is 14.0 Å². The van der Waals surface area contributed by atoms with Gasteiger partial charge in [0.25, 0.3) is 5.91 Å². The molecule has 6 rings (SSSR count). The molecule has 0 bridgehead atoms. The number of hydrogen-bond acceptors (Lipinski definition) is 5. The van der Waals surface area contributed by atoms with E-state index in [4.69, 9.17) is 0 Å². The predicted octanol–water partition coefficient (Wildman–Crippen LogP) is 4.04. The first-order chi connectivity index (χ1) is 17.7. The average molecular weight is 518 g/mol. The van der Waals surface area contributed by atoms with E-state index >= 15 is 0 Å². The van der Waals surface area contributed by atoms with Gasteiger partial charge in [0.1, 0.15) is 11.6 Å². The van der Waals surface area contributed by atoms with E-state index in [1.54, 1.807) is 23.2 Å². The second-order valence-corrected chi connectivity index (χ2v) is 10.7. The maximum atomic E-state index is 13.9. The van der Waals surface area contributed by atoms with Crippen LogP contribution >= 0.6 is 0 Å². The van der Waals surface area contributed by atoms with Crippen LogP contribution in [0.5, 0.6) is 0 Å². The number of fused-ring (bicyclic) bond motifs is 2. The average Bonchev–Trinajstić information content (AvgIpc) is 3.35. The number of aromatic amines is 1. The molecule has 1 N–H and O–H groups in total. The van der Waals surface area contributed by atoms with Gasteiger partial charge < -0.3 is 19.7 Å². The summed E-state index contributed by atoms with van der Waals surface area (Å²) in [5.74, 6) is 0.0366. The minimum Gasteiger partial charge on any atom is -0.358 e. The van der Waals surface area contributed by atoms with Gasteiger partial charge in [0.15, 0.2) is 0 Å². The zero-order valence-corrected chi connectivity index (χ0v) is 20.8. The highest BCUT2D eigenvalue weighted by Gasteiger charge is 2.39. The molecule has 0 atom stereocenters. The molecule has 0 radical (unpaired) electrons. The summed E-state index contributed by atoms with van der Waals surface area (Å²) in [7, 11) is 0. The van der Waals surface area contributed by atoms with Crippen molar-refractivity contribution in [2.75, 3.05) is 34.3 Å². The Kier molecular flexibility index (Phi) is 6.33. The van der Waals surface area contributed by atoms with Crippen molar-refractivity contribution in [3.05, 3.63) is 81.7 Å². The molecule has 1 aromatic carbocycles. The fourth-order valence-corrected chi connectivity index (χ4v) is 5.92. The van der Waals surface area contributed by atoms with Crippen molar-refractivity contribution in [3.8, 4) is 0 Å². The summed E-state index contributed by atoms with van der Waals surface area (Å²) in [4.78, 5) is 51.6. The first-order valence-corrected chi connectivity index (χ1v) is 12.6. The topological polar surface area (TPSA) is 89.6 Å². The fourth-order valence-electron chi connectivity index (χ4n) is 5.92. The second kappa shape index (κ2) is 9.38. The number of rotatable bonds is 3. The van der Waals surface area contributed by atoms with Gasteiger partial charge in [0.05, 0.1) is 17.8 Å². The second-order valence-electron chi connectivity index (χ2n) is 10.7. The number of H-pyrrole nitrogens is 1. The highest BCUT2D eigenvalue weighted by molar-refractivity contribution is 6.08. The van der Waals surface area contributed by atoms with E-state index in [-0.39, 0.29) is 36.7 Å². The molecule has 3 aliphatic heterocycles. The number of pyridine rings is 2. The fraction of sp³-hybridized carbons (Fsp3) is 0.379. The number of carbonyl (C=O) groups excluding carboxylic acids is 2. The number of nitrogens with zero attached hydrogens (tertiary/aromatic N) is 4. The molecular weight excluding hydrogens is 485 g/mol. The Morgan fingerprint density at radius 2 is 1.84 bits per heavy atom. The van der Waals surface area contributed by atoms with Crippen LogP contribution in [0.3, 0.4) is 0 Å². The SMILES string of the molecule is C.CC1(C)CN(C(=O)c2cc(N3CCC(N4C(=O)Cc5ncccc54)CC3)[nH]c(=O)c2)c2ccc(F)cc21. The minimum atomic E-state index is -0.403. The van der Waals surface area contributed by atoms with E-state index in [9.17, 15) is 18.8 Å². The van der Waals surface area contributed by atoms with Crippen molar-refractivity contribution >= 4 is 29.0 Å². The van der Waals surface area contributed by atoms with Crippen LogP contribution in [0.15, 0.2) is 53.5 Å². The summed E-state index contributed by atoms with van der Waals surface area (Å²) in [6.45, 7) is 5.63. The van der Waals surface area contributed by atoms with Crippen LogP contribution in [0.1, 0.15) is 55.7 Å². The third-order valence-electron chi connectivity index (χ3n) is 7.74. The first-order valence-electron chi connectivity index (χ1n) is 12.6. The maximum Gasteiger partial charge on any atom is 0.258 e. The standard InChI is InChI=1S/C28H28FN5O3.CH4/c1-28(2)16-33(22-6-5-18(29)14-20(22)28)27(37)17-12-24(31-25(35)13-17)32-10-7-19(8-11-32)34-23-4-3-9-30-21(23)15-26(34)36;/h3-6,9,12-14,19H,7-8,10-11,15-16H2,1-2H3,(H,31,35);1H4. The van der Waals surface area contributed by atoms with E-state index in [0.717, 1.165) is 29.8 Å². The monoisotopic (exact) mass is 517 g/mol. The predicted molar refractivity (Wildman–Crippen MR) is 146 cm³/mol. The Labute approximate surface area is 221 Å². The van der Waals surface area contributed by atoms with Crippen LogP contribution in [0.4, 0.5) is 21.6 Å². The van der Waals surface area contributed by atoms with Crippen LogP contribution < -0.4 is 20.3 Å². The Morgan fingerprint density at radius 1 is 1.08 bits per heavy atom. The van der Waals surface area contributed by atoms with E-state index < -0.39 is 5.41 Å². The molecule has 5 heterocycles. The molecule has 1 saturated heterocycles. The van der Waals surface area contributed by atoms with Crippen molar-refractivity contribution in [1.29, 1.82) is 0 Å². The Balaban J connectivity index is 0.00000294. The Morgan fingerprint density at radius 3 is 2.61 bits per heavy atom. The molecule has 0 saturated carbocycles. The lowest BCUT2D eigenvalue weighted by Crippen LogP contribution is -2.47. The van der Waals surface area contributed by atoms with Crippen LogP contribution in [0, 0.1) is 5.82 Å². The molecule has 8 nitrogen and oxygen atoms in total. The summed E-state index contributed by atoms with van der Waals surface area (Å²) < 4.78 is 13.9. The third-order valence-corrected chi connectivity index (χ3v) is 7.74. The number of benzene rings is 1. The number of halogens is 1. The van der Waals surface area contributed by atoms with Crippen molar-refractivity contribution in [2.45, 2.75) is 52.0 Å². The van der Waals surface area contributed by atoms with Crippen LogP contribution in [0.25, 0.3) is 0 Å². The molecule has 2 amide bonds. The van der Waals surface area contributed by atoms with E-state index in [1.807, 2.05) is 30.9 Å². The molecule has 3 aliphatic rings. The van der Waals surface area contributed by atoms with Gasteiger partial charge in [0, 0.05) is 54.6 Å². The summed E-state index contributed by atoms with van der Waals surface area (Å²) in [6.07, 6.45) is 3.51. The lowest BCUT2D eigenvalue weighted by Gasteiger charge is -2.37. The lowest BCUT2D eigenvalue weighted by atomic mass is 9.87. The van der Waals surface area contributed by atoms with Gasteiger partial charge in [-0.15, -0.1) is 0 Å². The van der Waals surface area contributed by atoms with Gasteiger partial charge in [-0.1, -0.05) is 21.3 Å². The highest BCUT2D eigenvalue weighted by atomic mass is 19.1. The molecule has 2 aromatic heterocycles. The molecule has 9 heteroatoms. The molecule has 0 spiro atoms. The summed E-state index contributed by atoms with van der Waals surface area (Å²) in [6, 6.07) is 11.4. The van der Waals surface area contributed by atoms with Crippen LogP contribution in [-0.2, 0) is 16.6 Å². The smallest absolute Gasteiger partial charge is 0.258 e. The van der Waals surface area contributed by atoms with Crippen molar-refractivity contribution in [1.82, 2.24) is 9.97 Å². The number of aromatic nitrogens is 2. The van der Waals surface area contributed by atoms with Crippen molar-refractivity contribution in [3.63, 3.8) is 0 Å². The van der Waals surface area contributed by atoms with Gasteiger partial charge in [-0.25, -0.2) is 4.39 Å².